The van der Waals surface area contributed by atoms with Gasteiger partial charge in [-0.1, -0.05) is 29.5 Å². The van der Waals surface area contributed by atoms with Crippen LogP contribution in [0.25, 0.3) is 0 Å². The Labute approximate surface area is 104 Å². The van der Waals surface area contributed by atoms with E-state index in [2.05, 4.69) is 0 Å². The second-order valence-electron chi connectivity index (χ2n) is 2.91. The van der Waals surface area contributed by atoms with Gasteiger partial charge in [0.25, 0.3) is 0 Å². The van der Waals surface area contributed by atoms with Crippen LogP contribution in [-0.2, 0) is 0 Å². The fourth-order valence-corrected chi connectivity index (χ4v) is 2.68. The summed E-state index contributed by atoms with van der Waals surface area (Å²) in [5.74, 6) is 0. The molecule has 0 fully saturated rings. The Kier molecular flexibility index (Phi) is 4.51. The Bertz CT molecular complexity index is 354. The molecule has 0 nitrogen and oxygen atoms in total. The largest absolute Gasteiger partial charge is 0.411 e. The molecule has 0 amide bonds. The van der Waals surface area contributed by atoms with Crippen molar-refractivity contribution < 1.29 is 13.2 Å². The summed E-state index contributed by atoms with van der Waals surface area (Å²) in [5.41, 5.74) is 1.09. The van der Waals surface area contributed by atoms with E-state index >= 15 is 0 Å². The highest BCUT2D eigenvalue weighted by molar-refractivity contribution is 14.1. The highest BCUT2D eigenvalue weighted by Crippen LogP contribution is 2.34. The molecule has 0 aliphatic rings. The summed E-state index contributed by atoms with van der Waals surface area (Å²) < 4.78 is 36.1. The van der Waals surface area contributed by atoms with Gasteiger partial charge < -0.3 is 0 Å². The maximum atomic E-state index is 12.0. The number of aryl methyl sites for hydroxylation is 1. The van der Waals surface area contributed by atoms with E-state index in [1.807, 2.05) is 31.2 Å². The van der Waals surface area contributed by atoms with Gasteiger partial charge in [0.2, 0.25) is 0 Å². The van der Waals surface area contributed by atoms with Crippen molar-refractivity contribution in [2.75, 3.05) is 0 Å². The highest BCUT2D eigenvalue weighted by atomic mass is 127. The van der Waals surface area contributed by atoms with Crippen LogP contribution >= 0.6 is 34.4 Å². The van der Waals surface area contributed by atoms with Crippen LogP contribution in [0.3, 0.4) is 0 Å². The molecule has 0 atom stereocenters. The van der Waals surface area contributed by atoms with Crippen LogP contribution in [0.2, 0.25) is 0 Å². The molecule has 1 aromatic carbocycles. The predicted molar refractivity (Wildman–Crippen MR) is 65.2 cm³/mol. The molecule has 0 aliphatic heterocycles. The maximum absolute atomic E-state index is 12.0. The SMILES string of the molecule is Cc1ccc(S/C(I)=C/C(F)(F)F)cc1. The first-order valence-electron chi connectivity index (χ1n) is 4.06. The van der Waals surface area contributed by atoms with Gasteiger partial charge in [0, 0.05) is 11.0 Å². The standard InChI is InChI=1S/C10H8F3IS/c1-7-2-4-8(5-3-7)15-9(14)6-10(11,12)13/h2-6H,1H3/b9-6+. The summed E-state index contributed by atoms with van der Waals surface area (Å²) in [4.78, 5) is 0.811. The zero-order valence-corrected chi connectivity index (χ0v) is 10.8. The lowest BCUT2D eigenvalue weighted by Crippen LogP contribution is -2.00. The van der Waals surface area contributed by atoms with E-state index in [1.54, 1.807) is 22.6 Å². The van der Waals surface area contributed by atoms with Gasteiger partial charge in [-0.05, 0) is 41.6 Å². The van der Waals surface area contributed by atoms with Gasteiger partial charge in [-0.2, -0.15) is 13.2 Å². The number of allylic oxidation sites excluding steroid dienone is 1. The van der Waals surface area contributed by atoms with Crippen LogP contribution in [0.1, 0.15) is 5.56 Å². The van der Waals surface area contributed by atoms with Crippen molar-refractivity contribution >= 4 is 34.4 Å². The number of halogens is 4. The second kappa shape index (κ2) is 5.25. The number of rotatable bonds is 2. The number of benzene rings is 1. The van der Waals surface area contributed by atoms with E-state index in [0.717, 1.165) is 22.2 Å². The number of hydrogen-bond acceptors (Lipinski definition) is 1. The van der Waals surface area contributed by atoms with Crippen LogP contribution in [0.5, 0.6) is 0 Å². The van der Waals surface area contributed by atoms with Crippen LogP contribution in [-0.4, -0.2) is 6.18 Å². The lowest BCUT2D eigenvalue weighted by atomic mass is 10.2. The molecule has 0 aromatic heterocycles. The molecule has 1 aromatic rings. The fourth-order valence-electron chi connectivity index (χ4n) is 0.877. The smallest absolute Gasteiger partial charge is 0.167 e. The second-order valence-corrected chi connectivity index (χ2v) is 5.91. The minimum absolute atomic E-state index is 0.212. The van der Waals surface area contributed by atoms with Crippen LogP contribution in [0, 0.1) is 6.92 Å². The van der Waals surface area contributed by atoms with Gasteiger partial charge in [0.1, 0.15) is 0 Å². The minimum Gasteiger partial charge on any atom is -0.167 e. The van der Waals surface area contributed by atoms with Crippen LogP contribution < -0.4 is 0 Å². The average Bonchev–Trinajstić information content (AvgIpc) is 2.05. The maximum Gasteiger partial charge on any atom is 0.411 e. The van der Waals surface area contributed by atoms with Crippen molar-refractivity contribution in [3.63, 3.8) is 0 Å². The molecular weight excluding hydrogens is 336 g/mol. The summed E-state index contributed by atoms with van der Waals surface area (Å²) in [6.45, 7) is 1.94. The first kappa shape index (κ1) is 12.9. The summed E-state index contributed by atoms with van der Waals surface area (Å²) in [6, 6.07) is 7.37. The Hall–Kier alpha value is -0.170. The van der Waals surface area contributed by atoms with Gasteiger partial charge >= 0.3 is 6.18 Å². The summed E-state index contributed by atoms with van der Waals surface area (Å²) >= 11 is 2.79. The Morgan fingerprint density at radius 3 is 2.27 bits per heavy atom. The average molecular weight is 344 g/mol. The summed E-state index contributed by atoms with van der Waals surface area (Å²) in [5, 5.41) is 0. The lowest BCUT2D eigenvalue weighted by molar-refractivity contribution is -0.0797. The van der Waals surface area contributed by atoms with E-state index in [9.17, 15) is 13.2 Å². The molecule has 0 unspecified atom stereocenters. The molecule has 0 heterocycles. The Morgan fingerprint density at radius 2 is 1.80 bits per heavy atom. The third-order valence-electron chi connectivity index (χ3n) is 1.51. The van der Waals surface area contributed by atoms with Gasteiger partial charge in [-0.3, -0.25) is 0 Å². The Balaban J connectivity index is 2.70. The van der Waals surface area contributed by atoms with Crippen molar-refractivity contribution in [3.05, 3.63) is 38.8 Å². The molecule has 0 saturated carbocycles. The van der Waals surface area contributed by atoms with E-state index in [0.29, 0.717) is 6.08 Å². The molecular formula is C10H8F3IS. The Morgan fingerprint density at radius 1 is 1.27 bits per heavy atom. The molecule has 1 rings (SSSR count). The van der Waals surface area contributed by atoms with E-state index in [1.165, 1.54) is 0 Å². The van der Waals surface area contributed by atoms with Gasteiger partial charge in [-0.25, -0.2) is 0 Å². The fraction of sp³-hybridized carbons (Fsp3) is 0.200. The van der Waals surface area contributed by atoms with Gasteiger partial charge in [0.05, 0.1) is 2.91 Å². The third kappa shape index (κ3) is 5.46. The highest BCUT2D eigenvalue weighted by Gasteiger charge is 2.24. The van der Waals surface area contributed by atoms with Crippen molar-refractivity contribution in [3.8, 4) is 0 Å². The van der Waals surface area contributed by atoms with Crippen molar-refractivity contribution in [2.24, 2.45) is 0 Å². The molecule has 0 saturated heterocycles. The minimum atomic E-state index is -4.24. The number of hydrogen-bond donors (Lipinski definition) is 0. The van der Waals surface area contributed by atoms with Crippen LogP contribution in [0.15, 0.2) is 38.1 Å². The molecule has 0 bridgehead atoms. The molecule has 0 aliphatic carbocycles. The predicted octanol–water partition coefficient (Wildman–Crippen LogP) is 4.93. The first-order chi connectivity index (χ1) is 6.87. The summed E-state index contributed by atoms with van der Waals surface area (Å²) in [7, 11) is 0. The van der Waals surface area contributed by atoms with Crippen molar-refractivity contribution in [1.29, 1.82) is 0 Å². The zero-order valence-electron chi connectivity index (χ0n) is 7.81. The molecule has 0 spiro atoms. The molecule has 0 N–H and O–H groups in total. The van der Waals surface area contributed by atoms with E-state index in [-0.39, 0.29) is 2.91 Å². The number of alkyl halides is 3. The molecule has 15 heavy (non-hydrogen) atoms. The topological polar surface area (TPSA) is 0 Å². The number of thioether (sulfide) groups is 1. The molecule has 0 radical (unpaired) electrons. The van der Waals surface area contributed by atoms with Gasteiger partial charge in [0.15, 0.2) is 0 Å². The monoisotopic (exact) mass is 344 g/mol. The molecule has 5 heteroatoms. The van der Waals surface area contributed by atoms with Gasteiger partial charge in [-0.15, -0.1) is 0 Å². The lowest BCUT2D eigenvalue weighted by Gasteiger charge is -2.03. The summed E-state index contributed by atoms with van der Waals surface area (Å²) in [6.07, 6.45) is -3.94. The normalized spacial score (nSPS) is 13.0. The first-order valence-corrected chi connectivity index (χ1v) is 5.96. The van der Waals surface area contributed by atoms with Crippen molar-refractivity contribution in [1.82, 2.24) is 0 Å². The van der Waals surface area contributed by atoms with Crippen molar-refractivity contribution in [2.45, 2.75) is 18.0 Å². The zero-order chi connectivity index (χ0) is 11.5. The van der Waals surface area contributed by atoms with Crippen LogP contribution in [0.4, 0.5) is 13.2 Å². The third-order valence-corrected chi connectivity index (χ3v) is 3.31. The van der Waals surface area contributed by atoms with E-state index < -0.39 is 6.18 Å². The quantitative estimate of drug-likeness (QED) is 0.542. The van der Waals surface area contributed by atoms with E-state index in [4.69, 9.17) is 0 Å². The molecule has 82 valence electrons.